The monoisotopic (exact) mass is 300 g/mol. The van der Waals surface area contributed by atoms with Gasteiger partial charge in [0, 0.05) is 19.6 Å². The predicted molar refractivity (Wildman–Crippen MR) is 71.7 cm³/mol. The summed E-state index contributed by atoms with van der Waals surface area (Å²) in [5, 5.41) is 13.6. The van der Waals surface area contributed by atoms with E-state index in [0.717, 1.165) is 0 Å². The lowest BCUT2D eigenvalue weighted by atomic mass is 10.1. The summed E-state index contributed by atoms with van der Waals surface area (Å²) < 4.78 is 0. The van der Waals surface area contributed by atoms with E-state index in [9.17, 15) is 19.2 Å². The highest BCUT2D eigenvalue weighted by Crippen LogP contribution is 2.15. The molecule has 1 heterocycles. The SMILES string of the molecule is NC(=O)CNC(=O)CNC(=O)C(CCO)N1CCCC1=O. The van der Waals surface area contributed by atoms with Crippen molar-refractivity contribution >= 4 is 23.6 Å². The van der Waals surface area contributed by atoms with Gasteiger partial charge in [0.1, 0.15) is 6.04 Å². The van der Waals surface area contributed by atoms with E-state index in [-0.39, 0.29) is 32.0 Å². The fourth-order valence-corrected chi connectivity index (χ4v) is 2.08. The minimum absolute atomic E-state index is 0.112. The van der Waals surface area contributed by atoms with Crippen molar-refractivity contribution in [3.63, 3.8) is 0 Å². The molecule has 0 aliphatic carbocycles. The lowest BCUT2D eigenvalue weighted by molar-refractivity contribution is -0.138. The summed E-state index contributed by atoms with van der Waals surface area (Å²) in [5.41, 5.74) is 4.87. The van der Waals surface area contributed by atoms with E-state index >= 15 is 0 Å². The van der Waals surface area contributed by atoms with E-state index in [1.54, 1.807) is 0 Å². The van der Waals surface area contributed by atoms with Gasteiger partial charge in [-0.15, -0.1) is 0 Å². The van der Waals surface area contributed by atoms with Gasteiger partial charge in [-0.1, -0.05) is 0 Å². The molecular weight excluding hydrogens is 280 g/mol. The van der Waals surface area contributed by atoms with Crippen molar-refractivity contribution in [2.75, 3.05) is 26.2 Å². The number of hydrogen-bond donors (Lipinski definition) is 4. The molecule has 0 radical (unpaired) electrons. The van der Waals surface area contributed by atoms with Crippen molar-refractivity contribution in [1.82, 2.24) is 15.5 Å². The summed E-state index contributed by atoms with van der Waals surface area (Å²) in [7, 11) is 0. The number of aliphatic hydroxyl groups excluding tert-OH is 1. The van der Waals surface area contributed by atoms with E-state index in [2.05, 4.69) is 10.6 Å². The van der Waals surface area contributed by atoms with Crippen molar-refractivity contribution in [2.24, 2.45) is 5.73 Å². The van der Waals surface area contributed by atoms with Gasteiger partial charge in [0.15, 0.2) is 0 Å². The van der Waals surface area contributed by atoms with E-state index < -0.39 is 23.8 Å². The number of nitrogens with two attached hydrogens (primary N) is 1. The Labute approximate surface area is 121 Å². The second-order valence-electron chi connectivity index (χ2n) is 4.68. The summed E-state index contributed by atoms with van der Waals surface area (Å²) in [6.45, 7) is -0.407. The molecule has 4 amide bonds. The fourth-order valence-electron chi connectivity index (χ4n) is 2.08. The Balaban J connectivity index is 2.47. The van der Waals surface area contributed by atoms with E-state index in [1.807, 2.05) is 0 Å². The smallest absolute Gasteiger partial charge is 0.243 e. The Morgan fingerprint density at radius 2 is 2.00 bits per heavy atom. The van der Waals surface area contributed by atoms with Crippen LogP contribution in [0.1, 0.15) is 19.3 Å². The van der Waals surface area contributed by atoms with E-state index in [0.29, 0.717) is 19.4 Å². The zero-order chi connectivity index (χ0) is 15.8. The topological polar surface area (TPSA) is 142 Å². The van der Waals surface area contributed by atoms with Crippen LogP contribution in [0.5, 0.6) is 0 Å². The maximum Gasteiger partial charge on any atom is 0.243 e. The molecule has 0 aromatic heterocycles. The van der Waals surface area contributed by atoms with Gasteiger partial charge in [0.25, 0.3) is 0 Å². The second kappa shape index (κ2) is 8.20. The van der Waals surface area contributed by atoms with Gasteiger partial charge in [-0.05, 0) is 12.8 Å². The zero-order valence-corrected chi connectivity index (χ0v) is 11.6. The maximum absolute atomic E-state index is 12.0. The first kappa shape index (κ1) is 16.9. The van der Waals surface area contributed by atoms with Gasteiger partial charge in [-0.25, -0.2) is 0 Å². The molecular formula is C12H20N4O5. The Morgan fingerprint density at radius 3 is 2.52 bits per heavy atom. The number of rotatable bonds is 8. The van der Waals surface area contributed by atoms with Gasteiger partial charge in [0.2, 0.25) is 23.6 Å². The lowest BCUT2D eigenvalue weighted by Crippen LogP contribution is -2.50. The number of carbonyl (C=O) groups excluding carboxylic acids is 4. The first-order chi connectivity index (χ1) is 9.95. The standard InChI is InChI=1S/C12H20N4O5/c13-9(18)6-14-10(19)7-15-12(21)8(3-5-17)16-4-1-2-11(16)20/h8,17H,1-7H2,(H2,13,18)(H,14,19)(H,15,21). The van der Waals surface area contributed by atoms with Crippen LogP contribution in [0.4, 0.5) is 0 Å². The third-order valence-corrected chi connectivity index (χ3v) is 3.07. The fraction of sp³-hybridized carbons (Fsp3) is 0.667. The molecule has 1 aliphatic heterocycles. The van der Waals surface area contributed by atoms with Crippen LogP contribution in [-0.4, -0.2) is 65.9 Å². The van der Waals surface area contributed by atoms with Crippen LogP contribution < -0.4 is 16.4 Å². The highest BCUT2D eigenvalue weighted by Gasteiger charge is 2.32. The summed E-state index contributed by atoms with van der Waals surface area (Å²) in [6, 6.07) is -0.783. The van der Waals surface area contributed by atoms with Crippen molar-refractivity contribution in [3.8, 4) is 0 Å². The van der Waals surface area contributed by atoms with Crippen LogP contribution in [0.15, 0.2) is 0 Å². The highest BCUT2D eigenvalue weighted by atomic mass is 16.3. The minimum atomic E-state index is -0.783. The molecule has 1 fully saturated rings. The number of likely N-dealkylation sites (tertiary alicyclic amines) is 1. The largest absolute Gasteiger partial charge is 0.396 e. The van der Waals surface area contributed by atoms with Crippen molar-refractivity contribution in [1.29, 1.82) is 0 Å². The normalized spacial score (nSPS) is 15.7. The zero-order valence-electron chi connectivity index (χ0n) is 11.6. The highest BCUT2D eigenvalue weighted by molar-refractivity contribution is 5.91. The van der Waals surface area contributed by atoms with Crippen molar-refractivity contribution in [2.45, 2.75) is 25.3 Å². The van der Waals surface area contributed by atoms with E-state index in [1.165, 1.54) is 4.90 Å². The summed E-state index contributed by atoms with van der Waals surface area (Å²) in [4.78, 5) is 46.9. The maximum atomic E-state index is 12.0. The van der Waals surface area contributed by atoms with Crippen LogP contribution in [-0.2, 0) is 19.2 Å². The molecule has 118 valence electrons. The molecule has 1 unspecified atom stereocenters. The van der Waals surface area contributed by atoms with Crippen LogP contribution in [0.3, 0.4) is 0 Å². The molecule has 1 aliphatic rings. The molecule has 1 atom stereocenters. The first-order valence-electron chi connectivity index (χ1n) is 6.68. The number of nitrogens with one attached hydrogen (secondary N) is 2. The predicted octanol–water partition coefficient (Wildman–Crippen LogP) is -2.92. The van der Waals surface area contributed by atoms with Crippen LogP contribution in [0.25, 0.3) is 0 Å². The molecule has 0 aromatic carbocycles. The number of nitrogens with zero attached hydrogens (tertiary/aromatic N) is 1. The van der Waals surface area contributed by atoms with Crippen LogP contribution in [0, 0.1) is 0 Å². The number of primary amides is 1. The Hall–Kier alpha value is -2.16. The Morgan fingerprint density at radius 1 is 1.29 bits per heavy atom. The molecule has 9 nitrogen and oxygen atoms in total. The van der Waals surface area contributed by atoms with Gasteiger partial charge in [-0.2, -0.15) is 0 Å². The Bertz CT molecular complexity index is 426. The van der Waals surface area contributed by atoms with Crippen molar-refractivity contribution < 1.29 is 24.3 Å². The quantitative estimate of drug-likeness (QED) is 0.380. The van der Waals surface area contributed by atoms with Gasteiger partial charge in [-0.3, -0.25) is 19.2 Å². The summed E-state index contributed by atoms with van der Waals surface area (Å²) in [6.07, 6.45) is 1.17. The van der Waals surface area contributed by atoms with Gasteiger partial charge >= 0.3 is 0 Å². The second-order valence-corrected chi connectivity index (χ2v) is 4.68. The Kier molecular flexibility index (Phi) is 6.60. The summed E-state index contributed by atoms with van der Waals surface area (Å²) >= 11 is 0. The first-order valence-corrected chi connectivity index (χ1v) is 6.68. The third kappa shape index (κ3) is 5.38. The molecule has 21 heavy (non-hydrogen) atoms. The molecule has 0 saturated carbocycles. The average Bonchev–Trinajstić information content (AvgIpc) is 2.85. The third-order valence-electron chi connectivity index (χ3n) is 3.07. The average molecular weight is 300 g/mol. The molecule has 1 rings (SSSR count). The number of amides is 4. The number of aliphatic hydroxyl groups is 1. The van der Waals surface area contributed by atoms with Gasteiger partial charge < -0.3 is 26.4 Å². The lowest BCUT2D eigenvalue weighted by Gasteiger charge is -2.26. The van der Waals surface area contributed by atoms with Crippen LogP contribution in [0.2, 0.25) is 0 Å². The van der Waals surface area contributed by atoms with Crippen LogP contribution >= 0.6 is 0 Å². The minimum Gasteiger partial charge on any atom is -0.396 e. The molecule has 0 spiro atoms. The van der Waals surface area contributed by atoms with Crippen molar-refractivity contribution in [3.05, 3.63) is 0 Å². The van der Waals surface area contributed by atoms with E-state index in [4.69, 9.17) is 10.8 Å². The van der Waals surface area contributed by atoms with Gasteiger partial charge in [0.05, 0.1) is 13.1 Å². The number of carbonyl (C=O) groups is 4. The summed E-state index contributed by atoms with van der Waals surface area (Å²) in [5.74, 6) is -1.89. The molecule has 9 heteroatoms. The molecule has 1 saturated heterocycles. The molecule has 0 bridgehead atoms. The number of hydrogen-bond acceptors (Lipinski definition) is 5. The molecule has 5 N–H and O–H groups in total. The molecule has 0 aromatic rings.